The monoisotopic (exact) mass is 240 g/mol. The summed E-state index contributed by atoms with van der Waals surface area (Å²) in [6.45, 7) is 4.73. The molecule has 0 saturated carbocycles. The van der Waals surface area contributed by atoms with Gasteiger partial charge in [0.15, 0.2) is 0 Å². The molecule has 0 aliphatic carbocycles. The number of rotatable bonds is 5. The van der Waals surface area contributed by atoms with Crippen LogP contribution in [-0.4, -0.2) is 34.0 Å². The number of alkyl halides is 1. The van der Waals surface area contributed by atoms with Crippen LogP contribution in [-0.2, 0) is 13.0 Å². The summed E-state index contributed by atoms with van der Waals surface area (Å²) in [5, 5.41) is 7.38. The first-order chi connectivity index (χ1) is 8.31. The topological polar surface area (TPSA) is 42.7 Å². The van der Waals surface area contributed by atoms with Gasteiger partial charge < -0.3 is 5.32 Å². The van der Waals surface area contributed by atoms with E-state index in [-0.39, 0.29) is 5.92 Å². The van der Waals surface area contributed by atoms with Crippen molar-refractivity contribution in [2.24, 2.45) is 5.92 Å². The first-order valence-electron chi connectivity index (χ1n) is 6.52. The van der Waals surface area contributed by atoms with Crippen LogP contribution < -0.4 is 5.32 Å². The maximum Gasteiger partial charge on any atom is 0.138 e. The molecule has 2 unspecified atom stereocenters. The molecule has 2 atom stereocenters. The van der Waals surface area contributed by atoms with Gasteiger partial charge in [0.05, 0.1) is 0 Å². The molecule has 2 rings (SSSR count). The Morgan fingerprint density at radius 2 is 2.53 bits per heavy atom. The van der Waals surface area contributed by atoms with Gasteiger partial charge in [-0.05, 0) is 25.8 Å². The molecule has 96 valence electrons. The van der Waals surface area contributed by atoms with E-state index in [4.69, 9.17) is 0 Å². The minimum Gasteiger partial charge on any atom is -0.316 e. The number of nitrogens with one attached hydrogen (secondary N) is 1. The van der Waals surface area contributed by atoms with E-state index in [0.29, 0.717) is 6.42 Å². The Labute approximate surface area is 102 Å². The Morgan fingerprint density at radius 1 is 1.65 bits per heavy atom. The lowest BCUT2D eigenvalue weighted by Crippen LogP contribution is -2.36. The zero-order valence-electron chi connectivity index (χ0n) is 10.4. The third-order valence-corrected chi connectivity index (χ3v) is 3.36. The van der Waals surface area contributed by atoms with Crippen LogP contribution in [0.2, 0.25) is 0 Å². The highest BCUT2D eigenvalue weighted by Gasteiger charge is 2.24. The third kappa shape index (κ3) is 3.25. The molecule has 17 heavy (non-hydrogen) atoms. The summed E-state index contributed by atoms with van der Waals surface area (Å²) in [5.74, 6) is 0.917. The predicted octanol–water partition coefficient (Wildman–Crippen LogP) is 1.57. The molecule has 0 bridgehead atoms. The van der Waals surface area contributed by atoms with Crippen molar-refractivity contribution >= 4 is 0 Å². The Bertz CT molecular complexity index is 333. The Balaban J connectivity index is 1.92. The van der Waals surface area contributed by atoms with E-state index >= 15 is 0 Å². The zero-order valence-corrected chi connectivity index (χ0v) is 10.4. The fraction of sp³-hybridized carbons (Fsp3) is 0.833. The van der Waals surface area contributed by atoms with Gasteiger partial charge in [0.25, 0.3) is 0 Å². The van der Waals surface area contributed by atoms with E-state index in [1.807, 2.05) is 4.68 Å². The van der Waals surface area contributed by atoms with Crippen molar-refractivity contribution in [2.75, 3.05) is 13.1 Å². The van der Waals surface area contributed by atoms with Crippen molar-refractivity contribution in [3.63, 3.8) is 0 Å². The number of aryl methyl sites for hydroxylation is 1. The van der Waals surface area contributed by atoms with Gasteiger partial charge in [0, 0.05) is 25.4 Å². The van der Waals surface area contributed by atoms with Gasteiger partial charge in [-0.15, -0.1) is 0 Å². The zero-order chi connectivity index (χ0) is 12.1. The second-order valence-electron chi connectivity index (χ2n) is 4.73. The van der Waals surface area contributed by atoms with Crippen LogP contribution in [0, 0.1) is 5.92 Å². The van der Waals surface area contributed by atoms with E-state index in [1.54, 1.807) is 0 Å². The summed E-state index contributed by atoms with van der Waals surface area (Å²) in [6, 6.07) is 0. The third-order valence-electron chi connectivity index (χ3n) is 3.36. The van der Waals surface area contributed by atoms with Gasteiger partial charge in [-0.1, -0.05) is 6.92 Å². The second-order valence-corrected chi connectivity index (χ2v) is 4.73. The summed E-state index contributed by atoms with van der Waals surface area (Å²) in [7, 11) is 0. The maximum absolute atomic E-state index is 14.2. The molecule has 1 fully saturated rings. The van der Waals surface area contributed by atoms with Crippen molar-refractivity contribution < 1.29 is 4.39 Å². The maximum atomic E-state index is 14.2. The van der Waals surface area contributed by atoms with Crippen LogP contribution in [0.3, 0.4) is 0 Å². The largest absolute Gasteiger partial charge is 0.316 e. The minimum absolute atomic E-state index is 0.135. The van der Waals surface area contributed by atoms with Crippen molar-refractivity contribution in [2.45, 2.75) is 45.3 Å². The van der Waals surface area contributed by atoms with E-state index < -0.39 is 6.17 Å². The fourth-order valence-electron chi connectivity index (χ4n) is 2.37. The Kier molecular flexibility index (Phi) is 4.48. The highest BCUT2D eigenvalue weighted by molar-refractivity contribution is 4.90. The minimum atomic E-state index is -0.803. The summed E-state index contributed by atoms with van der Waals surface area (Å²) in [4.78, 5) is 4.16. The first kappa shape index (κ1) is 12.5. The van der Waals surface area contributed by atoms with E-state index in [2.05, 4.69) is 22.3 Å². The molecular weight excluding hydrogens is 219 g/mol. The fourth-order valence-corrected chi connectivity index (χ4v) is 2.37. The normalized spacial score (nSPS) is 22.6. The summed E-state index contributed by atoms with van der Waals surface area (Å²) in [5.41, 5.74) is 0. The molecule has 1 aliphatic rings. The van der Waals surface area contributed by atoms with Gasteiger partial charge in [-0.2, -0.15) is 5.10 Å². The number of hydrogen-bond donors (Lipinski definition) is 1. The van der Waals surface area contributed by atoms with Gasteiger partial charge in [-0.3, -0.25) is 4.68 Å². The van der Waals surface area contributed by atoms with Crippen molar-refractivity contribution in [3.05, 3.63) is 12.2 Å². The molecule has 0 amide bonds. The highest BCUT2D eigenvalue weighted by Crippen LogP contribution is 2.20. The van der Waals surface area contributed by atoms with Crippen LogP contribution in [0.25, 0.3) is 0 Å². The van der Waals surface area contributed by atoms with Gasteiger partial charge in [0.2, 0.25) is 0 Å². The molecule has 1 aromatic heterocycles. The molecular formula is C12H21FN4. The molecule has 4 nitrogen and oxygen atoms in total. The van der Waals surface area contributed by atoms with Gasteiger partial charge in [0.1, 0.15) is 18.3 Å². The lowest BCUT2D eigenvalue weighted by atomic mass is 9.93. The van der Waals surface area contributed by atoms with Crippen LogP contribution in [0.1, 0.15) is 32.0 Å². The SMILES string of the molecule is CCCn1ncnc1CC(F)C1CCCNC1. The smallest absolute Gasteiger partial charge is 0.138 e. The first-order valence-corrected chi connectivity index (χ1v) is 6.52. The van der Waals surface area contributed by atoms with E-state index in [0.717, 1.165) is 44.7 Å². The van der Waals surface area contributed by atoms with Gasteiger partial charge >= 0.3 is 0 Å². The molecule has 5 heteroatoms. The summed E-state index contributed by atoms with van der Waals surface area (Å²) < 4.78 is 16.0. The average molecular weight is 240 g/mol. The van der Waals surface area contributed by atoms with E-state index in [1.165, 1.54) is 6.33 Å². The van der Waals surface area contributed by atoms with Crippen LogP contribution in [0.15, 0.2) is 6.33 Å². The number of hydrogen-bond acceptors (Lipinski definition) is 3. The number of halogens is 1. The van der Waals surface area contributed by atoms with Crippen LogP contribution in [0.4, 0.5) is 4.39 Å². The molecule has 0 radical (unpaired) electrons. The molecule has 1 saturated heterocycles. The summed E-state index contributed by atoms with van der Waals surface area (Å²) >= 11 is 0. The second kappa shape index (κ2) is 6.10. The number of piperidine rings is 1. The highest BCUT2D eigenvalue weighted by atomic mass is 19.1. The Hall–Kier alpha value is -0.970. The van der Waals surface area contributed by atoms with Gasteiger partial charge in [-0.25, -0.2) is 9.37 Å². The van der Waals surface area contributed by atoms with Crippen LogP contribution >= 0.6 is 0 Å². The molecule has 0 aromatic carbocycles. The lowest BCUT2D eigenvalue weighted by Gasteiger charge is -2.25. The number of nitrogens with zero attached hydrogens (tertiary/aromatic N) is 3. The van der Waals surface area contributed by atoms with Crippen molar-refractivity contribution in [3.8, 4) is 0 Å². The summed E-state index contributed by atoms with van der Waals surface area (Å²) in [6.07, 6.45) is 4.17. The Morgan fingerprint density at radius 3 is 3.24 bits per heavy atom. The lowest BCUT2D eigenvalue weighted by molar-refractivity contribution is 0.187. The van der Waals surface area contributed by atoms with Crippen molar-refractivity contribution in [1.82, 2.24) is 20.1 Å². The molecule has 1 aromatic rings. The molecule has 1 N–H and O–H groups in total. The molecule has 0 spiro atoms. The predicted molar refractivity (Wildman–Crippen MR) is 64.5 cm³/mol. The quantitative estimate of drug-likeness (QED) is 0.849. The standard InChI is InChI=1S/C12H21FN4/c1-2-6-17-12(15-9-16-17)7-11(13)10-4-3-5-14-8-10/h9-11,14H,2-8H2,1H3. The molecule has 2 heterocycles. The van der Waals surface area contributed by atoms with Crippen molar-refractivity contribution in [1.29, 1.82) is 0 Å². The number of aromatic nitrogens is 3. The average Bonchev–Trinajstić information content (AvgIpc) is 2.78. The molecule has 1 aliphatic heterocycles. The van der Waals surface area contributed by atoms with Crippen LogP contribution in [0.5, 0.6) is 0 Å². The van der Waals surface area contributed by atoms with E-state index in [9.17, 15) is 4.39 Å².